The minimum absolute atomic E-state index is 0.0912. The van der Waals surface area contributed by atoms with E-state index in [1.54, 1.807) is 0 Å². The van der Waals surface area contributed by atoms with Gasteiger partial charge in [-0.25, -0.2) is 0 Å². The molecule has 0 radical (unpaired) electrons. The summed E-state index contributed by atoms with van der Waals surface area (Å²) in [6, 6.07) is 7.43. The molecule has 96 valence electrons. The molecule has 0 aliphatic rings. The minimum Gasteiger partial charge on any atom is -0.338 e. The van der Waals surface area contributed by atoms with Gasteiger partial charge in [-0.1, -0.05) is 31.0 Å². The maximum absolute atomic E-state index is 12.1. The van der Waals surface area contributed by atoms with E-state index in [1.807, 2.05) is 38.2 Å². The van der Waals surface area contributed by atoms with Gasteiger partial charge >= 0.3 is 0 Å². The number of carbonyl (C=O) groups is 1. The Morgan fingerprint density at radius 2 is 2.17 bits per heavy atom. The summed E-state index contributed by atoms with van der Waals surface area (Å²) in [5.41, 5.74) is 1.75. The predicted octanol–water partition coefficient (Wildman–Crippen LogP) is 1.59. The van der Waals surface area contributed by atoms with Crippen LogP contribution in [0.4, 0.5) is 0 Å². The number of amides is 1. The fourth-order valence-electron chi connectivity index (χ4n) is 1.72. The van der Waals surface area contributed by atoms with Gasteiger partial charge in [-0.3, -0.25) is 4.79 Å². The Morgan fingerprint density at radius 1 is 1.44 bits per heavy atom. The fraction of sp³-hybridized carbons (Fsp3) is 0.400. The Morgan fingerprint density at radius 3 is 2.78 bits per heavy atom. The standard InChI is InChI=1S/C15H20N2O/c1-4-13(5-2)17-15(18)14-9-7-6-8-12(14)10-11-16-3/h1,6-9,13,16H,5,10-11H2,2-3H3,(H,17,18). The summed E-state index contributed by atoms with van der Waals surface area (Å²) in [5.74, 6) is 2.48. The summed E-state index contributed by atoms with van der Waals surface area (Å²) in [4.78, 5) is 12.1. The van der Waals surface area contributed by atoms with Gasteiger partial charge < -0.3 is 10.6 Å². The topological polar surface area (TPSA) is 41.1 Å². The van der Waals surface area contributed by atoms with Crippen molar-refractivity contribution in [1.29, 1.82) is 0 Å². The molecule has 0 bridgehead atoms. The van der Waals surface area contributed by atoms with Crippen LogP contribution in [0.5, 0.6) is 0 Å². The van der Waals surface area contributed by atoms with E-state index in [-0.39, 0.29) is 11.9 Å². The molecule has 2 N–H and O–H groups in total. The second-order valence-corrected chi connectivity index (χ2v) is 4.11. The molecule has 1 rings (SSSR count). The van der Waals surface area contributed by atoms with E-state index in [1.165, 1.54) is 0 Å². The van der Waals surface area contributed by atoms with Crippen molar-refractivity contribution in [2.45, 2.75) is 25.8 Å². The predicted molar refractivity (Wildman–Crippen MR) is 74.5 cm³/mol. The Kier molecular flexibility index (Phi) is 5.96. The fourth-order valence-corrected chi connectivity index (χ4v) is 1.72. The van der Waals surface area contributed by atoms with Crippen LogP contribution in [0.25, 0.3) is 0 Å². The number of nitrogens with one attached hydrogen (secondary N) is 2. The van der Waals surface area contributed by atoms with Gasteiger partial charge in [0.1, 0.15) is 0 Å². The third kappa shape index (κ3) is 3.90. The number of hydrogen-bond acceptors (Lipinski definition) is 2. The van der Waals surface area contributed by atoms with E-state index in [9.17, 15) is 4.79 Å². The molecule has 0 spiro atoms. The summed E-state index contributed by atoms with van der Waals surface area (Å²) >= 11 is 0. The lowest BCUT2D eigenvalue weighted by atomic mass is 10.0. The van der Waals surface area contributed by atoms with Crippen LogP contribution in [0.3, 0.4) is 0 Å². The van der Waals surface area contributed by atoms with Crippen LogP contribution in [0.2, 0.25) is 0 Å². The van der Waals surface area contributed by atoms with Crippen molar-refractivity contribution in [3.8, 4) is 12.3 Å². The molecule has 18 heavy (non-hydrogen) atoms. The molecule has 1 atom stereocenters. The van der Waals surface area contributed by atoms with Gasteiger partial charge in [-0.15, -0.1) is 6.42 Å². The molecule has 0 aliphatic carbocycles. The summed E-state index contributed by atoms with van der Waals surface area (Å²) in [5, 5.41) is 5.94. The highest BCUT2D eigenvalue weighted by Crippen LogP contribution is 2.09. The zero-order valence-corrected chi connectivity index (χ0v) is 11.0. The quantitative estimate of drug-likeness (QED) is 0.746. The maximum atomic E-state index is 12.1. The zero-order valence-electron chi connectivity index (χ0n) is 11.0. The second-order valence-electron chi connectivity index (χ2n) is 4.11. The first-order chi connectivity index (χ1) is 8.72. The second kappa shape index (κ2) is 7.52. The van der Waals surface area contributed by atoms with Crippen molar-refractivity contribution >= 4 is 5.91 Å². The van der Waals surface area contributed by atoms with E-state index in [0.717, 1.165) is 24.9 Å². The molecule has 0 saturated carbocycles. The summed E-state index contributed by atoms with van der Waals surface area (Å²) in [6.07, 6.45) is 6.92. The number of carbonyl (C=O) groups excluding carboxylic acids is 1. The molecule has 0 fully saturated rings. The number of rotatable bonds is 6. The van der Waals surface area contributed by atoms with E-state index in [2.05, 4.69) is 16.6 Å². The Bertz CT molecular complexity index is 434. The molecule has 0 heterocycles. The van der Waals surface area contributed by atoms with Crippen LogP contribution in [0.15, 0.2) is 24.3 Å². The van der Waals surface area contributed by atoms with Crippen LogP contribution < -0.4 is 10.6 Å². The number of benzene rings is 1. The first-order valence-corrected chi connectivity index (χ1v) is 6.22. The van der Waals surface area contributed by atoms with Gasteiger partial charge in [-0.2, -0.15) is 0 Å². The van der Waals surface area contributed by atoms with E-state index in [0.29, 0.717) is 5.56 Å². The summed E-state index contributed by atoms with van der Waals surface area (Å²) in [7, 11) is 1.90. The normalized spacial score (nSPS) is 11.6. The lowest BCUT2D eigenvalue weighted by Crippen LogP contribution is -2.33. The van der Waals surface area contributed by atoms with Crippen LogP contribution >= 0.6 is 0 Å². The molecular formula is C15H20N2O. The lowest BCUT2D eigenvalue weighted by molar-refractivity contribution is 0.0944. The maximum Gasteiger partial charge on any atom is 0.252 e. The van der Waals surface area contributed by atoms with Crippen molar-refractivity contribution in [3.05, 3.63) is 35.4 Å². The average molecular weight is 244 g/mol. The monoisotopic (exact) mass is 244 g/mol. The van der Waals surface area contributed by atoms with Gasteiger partial charge in [0, 0.05) is 5.56 Å². The van der Waals surface area contributed by atoms with Gasteiger partial charge in [0.25, 0.3) is 5.91 Å². The van der Waals surface area contributed by atoms with Crippen LogP contribution in [0, 0.1) is 12.3 Å². The molecule has 1 aromatic carbocycles. The largest absolute Gasteiger partial charge is 0.338 e. The Balaban J connectivity index is 2.81. The molecule has 1 amide bonds. The third-order valence-electron chi connectivity index (χ3n) is 2.82. The summed E-state index contributed by atoms with van der Waals surface area (Å²) in [6.45, 7) is 2.80. The molecule has 3 nitrogen and oxygen atoms in total. The van der Waals surface area contributed by atoms with Crippen molar-refractivity contribution in [2.24, 2.45) is 0 Å². The van der Waals surface area contributed by atoms with E-state index >= 15 is 0 Å². The number of terminal acetylenes is 1. The highest BCUT2D eigenvalue weighted by Gasteiger charge is 2.13. The third-order valence-corrected chi connectivity index (χ3v) is 2.82. The molecule has 1 aromatic rings. The van der Waals surface area contributed by atoms with Crippen molar-refractivity contribution < 1.29 is 4.79 Å². The van der Waals surface area contributed by atoms with Crippen molar-refractivity contribution in [2.75, 3.05) is 13.6 Å². The number of likely N-dealkylation sites (N-methyl/N-ethyl adjacent to an activating group) is 1. The molecule has 1 unspecified atom stereocenters. The zero-order chi connectivity index (χ0) is 13.4. The Hall–Kier alpha value is -1.79. The van der Waals surface area contributed by atoms with Gasteiger partial charge in [0.2, 0.25) is 0 Å². The van der Waals surface area contributed by atoms with Gasteiger partial charge in [0.15, 0.2) is 0 Å². The van der Waals surface area contributed by atoms with Crippen LogP contribution in [-0.4, -0.2) is 25.5 Å². The van der Waals surface area contributed by atoms with Crippen LogP contribution in [-0.2, 0) is 6.42 Å². The highest BCUT2D eigenvalue weighted by molar-refractivity contribution is 5.96. The average Bonchev–Trinajstić information content (AvgIpc) is 2.42. The van der Waals surface area contributed by atoms with Gasteiger partial charge in [-0.05, 0) is 38.1 Å². The summed E-state index contributed by atoms with van der Waals surface area (Å²) < 4.78 is 0. The van der Waals surface area contributed by atoms with Gasteiger partial charge in [0.05, 0.1) is 6.04 Å². The van der Waals surface area contributed by atoms with Crippen molar-refractivity contribution in [1.82, 2.24) is 10.6 Å². The molecule has 0 aromatic heterocycles. The van der Waals surface area contributed by atoms with E-state index in [4.69, 9.17) is 6.42 Å². The molecular weight excluding hydrogens is 224 g/mol. The lowest BCUT2D eigenvalue weighted by Gasteiger charge is -2.13. The Labute approximate surface area is 109 Å². The smallest absolute Gasteiger partial charge is 0.252 e. The van der Waals surface area contributed by atoms with Crippen molar-refractivity contribution in [3.63, 3.8) is 0 Å². The highest BCUT2D eigenvalue weighted by atomic mass is 16.1. The molecule has 0 aliphatic heterocycles. The number of hydrogen-bond donors (Lipinski definition) is 2. The first kappa shape index (κ1) is 14.3. The SMILES string of the molecule is C#CC(CC)NC(=O)c1ccccc1CCNC. The van der Waals surface area contributed by atoms with Crippen LogP contribution in [0.1, 0.15) is 29.3 Å². The molecule has 0 saturated heterocycles. The van der Waals surface area contributed by atoms with E-state index < -0.39 is 0 Å². The first-order valence-electron chi connectivity index (χ1n) is 6.22. The molecule has 3 heteroatoms. The minimum atomic E-state index is -0.199.